The molecule has 0 saturated heterocycles. The third-order valence-electron chi connectivity index (χ3n) is 3.88. The zero-order valence-corrected chi connectivity index (χ0v) is 15.4. The Labute approximate surface area is 150 Å². The molecule has 3 rings (SSSR count). The minimum atomic E-state index is 0.411. The molecule has 0 saturated carbocycles. The first-order valence-corrected chi connectivity index (χ1v) is 9.14. The van der Waals surface area contributed by atoms with Crippen molar-refractivity contribution >= 4 is 34.4 Å². The monoisotopic (exact) mass is 358 g/mol. The van der Waals surface area contributed by atoms with Crippen LogP contribution >= 0.6 is 11.8 Å². The van der Waals surface area contributed by atoms with E-state index in [0.717, 1.165) is 23.5 Å². The number of nitrogens with two attached hydrogens (primary N) is 2. The molecule has 3 aromatic rings. The summed E-state index contributed by atoms with van der Waals surface area (Å²) in [5.74, 6) is 2.76. The van der Waals surface area contributed by atoms with Crippen LogP contribution in [0.2, 0.25) is 0 Å². The Hall–Kier alpha value is -2.48. The van der Waals surface area contributed by atoms with E-state index >= 15 is 0 Å². The summed E-state index contributed by atoms with van der Waals surface area (Å²) < 4.78 is 7.43. The summed E-state index contributed by atoms with van der Waals surface area (Å²) in [4.78, 5) is 13.5. The lowest BCUT2D eigenvalue weighted by molar-refractivity contribution is 0.342. The average molecular weight is 358 g/mol. The molecular weight excluding hydrogens is 336 g/mol. The summed E-state index contributed by atoms with van der Waals surface area (Å²) in [6.07, 6.45) is 0.820. The van der Waals surface area contributed by atoms with Gasteiger partial charge in [-0.25, -0.2) is 15.0 Å². The van der Waals surface area contributed by atoms with Crippen molar-refractivity contribution in [1.82, 2.24) is 19.5 Å². The van der Waals surface area contributed by atoms with Gasteiger partial charge < -0.3 is 20.8 Å². The fraction of sp³-hybridized carbons (Fsp3) is 0.353. The minimum Gasteiger partial charge on any atom is -0.492 e. The summed E-state index contributed by atoms with van der Waals surface area (Å²) >= 11 is 1.52. The minimum absolute atomic E-state index is 0.411. The number of aromatic nitrogens is 4. The molecule has 0 bridgehead atoms. The van der Waals surface area contributed by atoms with Gasteiger partial charge in [0.05, 0.1) is 12.3 Å². The van der Waals surface area contributed by atoms with Gasteiger partial charge in [0.2, 0.25) is 0 Å². The molecule has 8 heteroatoms. The van der Waals surface area contributed by atoms with Crippen molar-refractivity contribution < 1.29 is 4.74 Å². The SMILES string of the molecule is CCOc1ccc(CSc2nc(N)c3nc(CC)n(C)c3n2)cc1N. The standard InChI is InChI=1S/C17H22N6OS/c1-4-13-20-14-15(19)21-17(22-16(14)23(13)3)25-9-10-6-7-12(24-5-2)11(18)8-10/h6-8H,4-5,9,18H2,1-3H3,(H2,19,21,22). The number of hydrogen-bond acceptors (Lipinski definition) is 7. The van der Waals surface area contributed by atoms with E-state index in [4.69, 9.17) is 16.2 Å². The number of imidazole rings is 1. The van der Waals surface area contributed by atoms with Crippen LogP contribution in [-0.4, -0.2) is 26.1 Å². The lowest BCUT2D eigenvalue weighted by atomic mass is 10.2. The molecule has 0 amide bonds. The van der Waals surface area contributed by atoms with Crippen molar-refractivity contribution in [3.8, 4) is 5.75 Å². The first kappa shape index (κ1) is 17.3. The Morgan fingerprint density at radius 1 is 1.16 bits per heavy atom. The molecule has 0 atom stereocenters. The van der Waals surface area contributed by atoms with Crippen LogP contribution in [-0.2, 0) is 19.2 Å². The van der Waals surface area contributed by atoms with Crippen molar-refractivity contribution in [2.45, 2.75) is 31.2 Å². The van der Waals surface area contributed by atoms with Crippen LogP contribution in [0.4, 0.5) is 11.5 Å². The first-order valence-electron chi connectivity index (χ1n) is 8.16. The smallest absolute Gasteiger partial charge is 0.191 e. The van der Waals surface area contributed by atoms with Crippen molar-refractivity contribution in [2.75, 3.05) is 18.1 Å². The molecule has 0 radical (unpaired) electrons. The second kappa shape index (κ2) is 7.18. The van der Waals surface area contributed by atoms with Crippen LogP contribution in [0.15, 0.2) is 23.4 Å². The lowest BCUT2D eigenvalue weighted by Gasteiger charge is -2.08. The summed E-state index contributed by atoms with van der Waals surface area (Å²) in [6.45, 7) is 4.58. The van der Waals surface area contributed by atoms with E-state index in [-0.39, 0.29) is 0 Å². The fourth-order valence-electron chi connectivity index (χ4n) is 2.61. The summed E-state index contributed by atoms with van der Waals surface area (Å²) in [5, 5.41) is 0.628. The highest BCUT2D eigenvalue weighted by Gasteiger charge is 2.14. The molecule has 132 valence electrons. The van der Waals surface area contributed by atoms with Gasteiger partial charge in [-0.15, -0.1) is 0 Å². The first-order chi connectivity index (χ1) is 12.0. The number of nitrogens with zero attached hydrogens (tertiary/aromatic N) is 4. The van der Waals surface area contributed by atoms with Gasteiger partial charge in [0.25, 0.3) is 0 Å². The Bertz CT molecular complexity index is 908. The Morgan fingerprint density at radius 2 is 1.96 bits per heavy atom. The van der Waals surface area contributed by atoms with Gasteiger partial charge >= 0.3 is 0 Å². The molecule has 1 aromatic carbocycles. The average Bonchev–Trinajstić information content (AvgIpc) is 2.92. The van der Waals surface area contributed by atoms with E-state index in [9.17, 15) is 0 Å². The molecule has 25 heavy (non-hydrogen) atoms. The van der Waals surface area contributed by atoms with Crippen LogP contribution in [0.5, 0.6) is 5.75 Å². The van der Waals surface area contributed by atoms with Crippen molar-refractivity contribution in [3.05, 3.63) is 29.6 Å². The Morgan fingerprint density at radius 3 is 2.64 bits per heavy atom. The molecule has 7 nitrogen and oxygen atoms in total. The maximum atomic E-state index is 6.06. The largest absolute Gasteiger partial charge is 0.492 e. The quantitative estimate of drug-likeness (QED) is 0.396. The van der Waals surface area contributed by atoms with E-state index in [2.05, 4.69) is 21.9 Å². The van der Waals surface area contributed by atoms with Gasteiger partial charge in [0.15, 0.2) is 22.1 Å². The van der Waals surface area contributed by atoms with Crippen LogP contribution in [0.3, 0.4) is 0 Å². The second-order valence-corrected chi connectivity index (χ2v) is 6.54. The molecular formula is C17H22N6OS. The van der Waals surface area contributed by atoms with Gasteiger partial charge in [-0.2, -0.15) is 0 Å². The number of anilines is 2. The van der Waals surface area contributed by atoms with E-state index in [1.54, 1.807) is 0 Å². The maximum Gasteiger partial charge on any atom is 0.191 e. The van der Waals surface area contributed by atoms with E-state index in [1.807, 2.05) is 36.7 Å². The molecule has 0 spiro atoms. The van der Waals surface area contributed by atoms with Gasteiger partial charge in [0.1, 0.15) is 11.6 Å². The summed E-state index contributed by atoms with van der Waals surface area (Å²) in [7, 11) is 1.95. The molecule has 0 fully saturated rings. The number of ether oxygens (including phenoxy) is 1. The Balaban J connectivity index is 1.81. The molecule has 0 aliphatic rings. The third-order valence-corrected chi connectivity index (χ3v) is 4.79. The van der Waals surface area contributed by atoms with Crippen LogP contribution in [0.1, 0.15) is 25.2 Å². The third kappa shape index (κ3) is 3.48. The van der Waals surface area contributed by atoms with E-state index in [1.165, 1.54) is 11.8 Å². The molecule has 0 unspecified atom stereocenters. The van der Waals surface area contributed by atoms with Crippen molar-refractivity contribution in [3.63, 3.8) is 0 Å². The number of thioether (sulfide) groups is 1. The highest BCUT2D eigenvalue weighted by atomic mass is 32.2. The zero-order valence-electron chi connectivity index (χ0n) is 14.6. The molecule has 0 aliphatic heterocycles. The highest BCUT2D eigenvalue weighted by molar-refractivity contribution is 7.98. The van der Waals surface area contributed by atoms with Gasteiger partial charge in [-0.3, -0.25) is 0 Å². The van der Waals surface area contributed by atoms with Gasteiger partial charge in [0, 0.05) is 19.2 Å². The lowest BCUT2D eigenvalue weighted by Crippen LogP contribution is -2.00. The zero-order chi connectivity index (χ0) is 18.0. The van der Waals surface area contributed by atoms with Gasteiger partial charge in [-0.1, -0.05) is 24.8 Å². The number of fused-ring (bicyclic) bond motifs is 1. The highest BCUT2D eigenvalue weighted by Crippen LogP contribution is 2.28. The van der Waals surface area contributed by atoms with Crippen molar-refractivity contribution in [1.29, 1.82) is 0 Å². The number of nitrogen functional groups attached to an aromatic ring is 2. The second-order valence-electron chi connectivity index (χ2n) is 5.60. The maximum absolute atomic E-state index is 6.06. The molecule has 2 aromatic heterocycles. The molecule has 0 aliphatic carbocycles. The predicted octanol–water partition coefficient (Wildman–Crippen LogP) is 2.78. The molecule has 4 N–H and O–H groups in total. The number of benzene rings is 1. The van der Waals surface area contributed by atoms with Crippen LogP contribution in [0, 0.1) is 0 Å². The predicted molar refractivity (Wildman–Crippen MR) is 102 cm³/mol. The Kier molecular flexibility index (Phi) is 4.98. The summed E-state index contributed by atoms with van der Waals surface area (Å²) in [5.41, 5.74) is 15.2. The number of aryl methyl sites for hydroxylation is 2. The number of rotatable bonds is 6. The normalized spacial score (nSPS) is 11.2. The van der Waals surface area contributed by atoms with E-state index < -0.39 is 0 Å². The van der Waals surface area contributed by atoms with E-state index in [0.29, 0.717) is 40.3 Å². The van der Waals surface area contributed by atoms with Crippen molar-refractivity contribution in [2.24, 2.45) is 7.05 Å². The molecule has 2 heterocycles. The fourth-order valence-corrected chi connectivity index (χ4v) is 3.40. The van der Waals surface area contributed by atoms with Crippen LogP contribution in [0.25, 0.3) is 11.2 Å². The number of hydrogen-bond donors (Lipinski definition) is 2. The van der Waals surface area contributed by atoms with Crippen LogP contribution < -0.4 is 16.2 Å². The topological polar surface area (TPSA) is 105 Å². The van der Waals surface area contributed by atoms with Gasteiger partial charge in [-0.05, 0) is 24.6 Å². The summed E-state index contributed by atoms with van der Waals surface area (Å²) in [6, 6.07) is 5.80.